The van der Waals surface area contributed by atoms with Crippen molar-refractivity contribution >= 4 is 22.9 Å². The van der Waals surface area contributed by atoms with Crippen LogP contribution in [0.1, 0.15) is 21.7 Å². The number of hydrogen-bond acceptors (Lipinski definition) is 2. The molecule has 0 radical (unpaired) electrons. The second-order valence-electron chi connectivity index (χ2n) is 5.42. The minimum atomic E-state index is -0.511. The molecule has 0 spiro atoms. The molecule has 1 amide bonds. The van der Waals surface area contributed by atoms with Crippen molar-refractivity contribution in [3.05, 3.63) is 65.2 Å². The zero-order valence-electron chi connectivity index (χ0n) is 13.0. The van der Waals surface area contributed by atoms with Gasteiger partial charge in [0.1, 0.15) is 11.6 Å². The van der Waals surface area contributed by atoms with Gasteiger partial charge >= 0.3 is 0 Å². The van der Waals surface area contributed by atoms with E-state index in [1.807, 2.05) is 11.5 Å². The van der Waals surface area contributed by atoms with Crippen LogP contribution >= 0.6 is 0 Å². The third kappa shape index (κ3) is 3.10. The van der Waals surface area contributed by atoms with E-state index in [0.717, 1.165) is 16.9 Å². The van der Waals surface area contributed by atoms with E-state index in [-0.39, 0.29) is 11.8 Å². The zero-order valence-corrected chi connectivity index (χ0v) is 13.0. The molecule has 0 atom stereocenters. The highest BCUT2D eigenvalue weighted by Gasteiger charge is 2.12. The number of amides is 1. The number of aliphatic imine (C=N–C) groups is 1. The highest BCUT2D eigenvalue weighted by Crippen LogP contribution is 2.20. The van der Waals surface area contributed by atoms with Crippen LogP contribution in [0.15, 0.2) is 47.5 Å². The number of nitrogens with zero attached hydrogens (tertiary/aromatic N) is 3. The monoisotopic (exact) mass is 325 g/mol. The molecule has 6 nitrogen and oxygen atoms in total. The lowest BCUT2D eigenvalue weighted by Crippen LogP contribution is -2.24. The van der Waals surface area contributed by atoms with Gasteiger partial charge in [0.25, 0.3) is 5.91 Å². The van der Waals surface area contributed by atoms with Crippen molar-refractivity contribution in [2.75, 3.05) is 0 Å². The highest BCUT2D eigenvalue weighted by molar-refractivity contribution is 6.03. The van der Waals surface area contributed by atoms with Gasteiger partial charge < -0.3 is 16.0 Å². The molecule has 7 heteroatoms. The molecule has 4 N–H and O–H groups in total. The first-order chi connectivity index (χ1) is 11.4. The number of aromatic nitrogens is 2. The van der Waals surface area contributed by atoms with Crippen molar-refractivity contribution in [3.8, 4) is 0 Å². The summed E-state index contributed by atoms with van der Waals surface area (Å²) in [5.41, 5.74) is 13.3. The van der Waals surface area contributed by atoms with E-state index in [0.29, 0.717) is 17.6 Å². The molecule has 3 aromatic rings. The Kier molecular flexibility index (Phi) is 3.99. The molecule has 0 aliphatic rings. The number of rotatable bonds is 3. The summed E-state index contributed by atoms with van der Waals surface area (Å²) in [4.78, 5) is 19.9. The number of benzene rings is 2. The summed E-state index contributed by atoms with van der Waals surface area (Å²) in [6, 6.07) is 11.4. The van der Waals surface area contributed by atoms with Crippen LogP contribution in [0.5, 0.6) is 0 Å². The van der Waals surface area contributed by atoms with E-state index in [1.54, 1.807) is 30.3 Å². The van der Waals surface area contributed by atoms with E-state index in [2.05, 4.69) is 9.98 Å². The topological polar surface area (TPSA) is 99.3 Å². The van der Waals surface area contributed by atoms with Gasteiger partial charge in [-0.15, -0.1) is 0 Å². The molecule has 0 fully saturated rings. The molecule has 0 saturated heterocycles. The summed E-state index contributed by atoms with van der Waals surface area (Å²) in [7, 11) is 0. The summed E-state index contributed by atoms with van der Waals surface area (Å²) >= 11 is 0. The van der Waals surface area contributed by atoms with Crippen molar-refractivity contribution in [2.24, 2.45) is 16.5 Å². The molecule has 0 saturated carbocycles. The number of carbonyl (C=O) groups is 1. The standard InChI is InChI=1S/C17H16FN5O/c1-10-21-14-8-12(16(24)22-17(19)20)4-7-15(14)23(10)9-11-2-5-13(18)6-3-11/h2-8H,9H2,1H3,(H4,19,20,22,24). The molecule has 1 heterocycles. The predicted molar refractivity (Wildman–Crippen MR) is 90.1 cm³/mol. The fourth-order valence-electron chi connectivity index (χ4n) is 2.54. The molecular weight excluding hydrogens is 309 g/mol. The van der Waals surface area contributed by atoms with E-state index in [4.69, 9.17) is 11.5 Å². The normalized spacial score (nSPS) is 10.8. The number of imidazole rings is 1. The Balaban J connectivity index is 1.98. The van der Waals surface area contributed by atoms with E-state index >= 15 is 0 Å². The Hall–Kier alpha value is -3.22. The van der Waals surface area contributed by atoms with Crippen molar-refractivity contribution in [1.82, 2.24) is 9.55 Å². The number of hydrogen-bond donors (Lipinski definition) is 2. The maximum absolute atomic E-state index is 13.0. The second kappa shape index (κ2) is 6.11. The first kappa shape index (κ1) is 15.7. The Bertz CT molecular complexity index is 940. The number of nitrogens with two attached hydrogens (primary N) is 2. The zero-order chi connectivity index (χ0) is 17.3. The lowest BCUT2D eigenvalue weighted by atomic mass is 10.2. The van der Waals surface area contributed by atoms with Crippen LogP contribution in [0.3, 0.4) is 0 Å². The van der Waals surface area contributed by atoms with Gasteiger partial charge in [0, 0.05) is 12.1 Å². The van der Waals surface area contributed by atoms with Gasteiger partial charge in [-0.05, 0) is 42.8 Å². The van der Waals surface area contributed by atoms with Crippen LogP contribution in [0.2, 0.25) is 0 Å². The molecule has 3 rings (SSSR count). The molecule has 24 heavy (non-hydrogen) atoms. The van der Waals surface area contributed by atoms with Gasteiger partial charge in [-0.2, -0.15) is 4.99 Å². The largest absolute Gasteiger partial charge is 0.370 e. The van der Waals surface area contributed by atoms with Crippen LogP contribution < -0.4 is 11.5 Å². The fourth-order valence-corrected chi connectivity index (χ4v) is 2.54. The second-order valence-corrected chi connectivity index (χ2v) is 5.42. The Labute approximate surface area is 137 Å². The maximum Gasteiger partial charge on any atom is 0.280 e. The first-order valence-corrected chi connectivity index (χ1v) is 7.29. The maximum atomic E-state index is 13.0. The summed E-state index contributed by atoms with van der Waals surface area (Å²) < 4.78 is 15.0. The summed E-state index contributed by atoms with van der Waals surface area (Å²) in [5, 5.41) is 0. The van der Waals surface area contributed by atoms with Crippen molar-refractivity contribution in [2.45, 2.75) is 13.5 Å². The molecule has 0 unspecified atom stereocenters. The molecule has 1 aromatic heterocycles. The van der Waals surface area contributed by atoms with E-state index in [9.17, 15) is 9.18 Å². The molecule has 2 aromatic carbocycles. The fraction of sp³-hybridized carbons (Fsp3) is 0.118. The van der Waals surface area contributed by atoms with Crippen molar-refractivity contribution < 1.29 is 9.18 Å². The van der Waals surface area contributed by atoms with E-state index < -0.39 is 5.91 Å². The minimum absolute atomic E-state index is 0.270. The molecule has 0 bridgehead atoms. The highest BCUT2D eigenvalue weighted by atomic mass is 19.1. The van der Waals surface area contributed by atoms with E-state index in [1.165, 1.54) is 12.1 Å². The first-order valence-electron chi connectivity index (χ1n) is 7.29. The average molecular weight is 325 g/mol. The van der Waals surface area contributed by atoms with Gasteiger partial charge in [0.15, 0.2) is 5.96 Å². The SMILES string of the molecule is Cc1nc2cc(C(=O)N=C(N)N)ccc2n1Cc1ccc(F)cc1. The van der Waals surface area contributed by atoms with Gasteiger partial charge in [0.2, 0.25) is 0 Å². The number of carbonyl (C=O) groups excluding carboxylic acids is 1. The smallest absolute Gasteiger partial charge is 0.280 e. The predicted octanol–water partition coefficient (Wildman–Crippen LogP) is 1.95. The third-order valence-corrected chi connectivity index (χ3v) is 3.67. The Morgan fingerprint density at radius 1 is 1.21 bits per heavy atom. The van der Waals surface area contributed by atoms with Gasteiger partial charge in [-0.1, -0.05) is 12.1 Å². The molecular formula is C17H16FN5O. The molecule has 122 valence electrons. The quantitative estimate of drug-likeness (QED) is 0.568. The van der Waals surface area contributed by atoms with Crippen LogP contribution in [0.4, 0.5) is 4.39 Å². The van der Waals surface area contributed by atoms with Crippen molar-refractivity contribution in [3.63, 3.8) is 0 Å². The summed E-state index contributed by atoms with van der Waals surface area (Å²) in [5.74, 6) is -0.268. The third-order valence-electron chi connectivity index (χ3n) is 3.67. The molecule has 0 aliphatic heterocycles. The lowest BCUT2D eigenvalue weighted by Gasteiger charge is -2.07. The Morgan fingerprint density at radius 2 is 1.92 bits per heavy atom. The number of halogens is 1. The van der Waals surface area contributed by atoms with Crippen LogP contribution in [-0.4, -0.2) is 21.4 Å². The van der Waals surface area contributed by atoms with Crippen LogP contribution in [-0.2, 0) is 6.54 Å². The van der Waals surface area contributed by atoms with Gasteiger partial charge in [-0.3, -0.25) is 4.79 Å². The lowest BCUT2D eigenvalue weighted by molar-refractivity contribution is 0.100. The van der Waals surface area contributed by atoms with Crippen molar-refractivity contribution in [1.29, 1.82) is 0 Å². The van der Waals surface area contributed by atoms with Crippen LogP contribution in [0.25, 0.3) is 11.0 Å². The van der Waals surface area contributed by atoms with Gasteiger partial charge in [-0.25, -0.2) is 9.37 Å². The Morgan fingerprint density at radius 3 is 2.58 bits per heavy atom. The number of aryl methyl sites for hydroxylation is 1. The van der Waals surface area contributed by atoms with Crippen LogP contribution in [0, 0.1) is 12.7 Å². The number of guanidine groups is 1. The molecule has 0 aliphatic carbocycles. The summed E-state index contributed by atoms with van der Waals surface area (Å²) in [6.45, 7) is 2.44. The average Bonchev–Trinajstić information content (AvgIpc) is 2.84. The summed E-state index contributed by atoms with van der Waals surface area (Å²) in [6.07, 6.45) is 0. The van der Waals surface area contributed by atoms with Gasteiger partial charge in [0.05, 0.1) is 11.0 Å². The number of fused-ring (bicyclic) bond motifs is 1. The minimum Gasteiger partial charge on any atom is -0.370 e.